The molecule has 94 valence electrons. The van der Waals surface area contributed by atoms with Crippen LogP contribution in [0.5, 0.6) is 0 Å². The number of aliphatic hydroxyl groups excluding tert-OH is 1. The number of aliphatic hydroxyl groups is 1. The fraction of sp³-hybridized carbons (Fsp3) is 0.538. The van der Waals surface area contributed by atoms with Crippen LogP contribution >= 0.6 is 15.9 Å². The molecule has 0 saturated heterocycles. The number of benzene rings is 1. The zero-order valence-corrected chi connectivity index (χ0v) is 11.3. The maximum Gasteiger partial charge on any atom is 0.127 e. The van der Waals surface area contributed by atoms with E-state index in [0.717, 1.165) is 23.9 Å². The molecule has 1 aliphatic carbocycles. The van der Waals surface area contributed by atoms with E-state index in [-0.39, 0.29) is 17.8 Å². The summed E-state index contributed by atoms with van der Waals surface area (Å²) >= 11 is 3.33. The van der Waals surface area contributed by atoms with Crippen LogP contribution in [0.4, 0.5) is 4.39 Å². The minimum atomic E-state index is -0.188. The molecule has 1 aromatic rings. The molecule has 0 spiro atoms. The molecular formula is C13H17BrFNO. The van der Waals surface area contributed by atoms with Crippen molar-refractivity contribution in [1.82, 2.24) is 5.32 Å². The van der Waals surface area contributed by atoms with Gasteiger partial charge in [-0.25, -0.2) is 4.39 Å². The first-order valence-corrected chi connectivity index (χ1v) is 6.70. The molecule has 2 rings (SSSR count). The van der Waals surface area contributed by atoms with Crippen molar-refractivity contribution < 1.29 is 9.50 Å². The highest BCUT2D eigenvalue weighted by Crippen LogP contribution is 2.39. The molecule has 4 heteroatoms. The van der Waals surface area contributed by atoms with Crippen molar-refractivity contribution in [2.75, 3.05) is 13.2 Å². The fourth-order valence-electron chi connectivity index (χ4n) is 2.21. The Morgan fingerprint density at radius 1 is 1.41 bits per heavy atom. The predicted octanol–water partition coefficient (Wildman–Crippen LogP) is 2.84. The third-order valence-electron chi connectivity index (χ3n) is 3.57. The van der Waals surface area contributed by atoms with Crippen LogP contribution in [0.15, 0.2) is 22.7 Å². The molecule has 0 heterocycles. The summed E-state index contributed by atoms with van der Waals surface area (Å²) in [4.78, 5) is 0. The molecule has 0 aromatic heterocycles. The monoisotopic (exact) mass is 301 g/mol. The minimum Gasteiger partial charge on any atom is -0.396 e. The Morgan fingerprint density at radius 3 is 2.76 bits per heavy atom. The van der Waals surface area contributed by atoms with Crippen LogP contribution in [0.3, 0.4) is 0 Å². The molecule has 0 bridgehead atoms. The third-order valence-corrected chi connectivity index (χ3v) is 4.07. The van der Waals surface area contributed by atoms with Crippen molar-refractivity contribution in [2.45, 2.75) is 25.8 Å². The molecule has 0 amide bonds. The summed E-state index contributed by atoms with van der Waals surface area (Å²) in [5.41, 5.74) is 0.703. The highest BCUT2D eigenvalue weighted by atomic mass is 79.9. The van der Waals surface area contributed by atoms with E-state index in [4.69, 9.17) is 0 Å². The summed E-state index contributed by atoms with van der Waals surface area (Å²) in [5, 5.41) is 12.6. The smallest absolute Gasteiger partial charge is 0.127 e. The normalized spacial score (nSPS) is 17.8. The van der Waals surface area contributed by atoms with Gasteiger partial charge in [0.25, 0.3) is 0 Å². The van der Waals surface area contributed by atoms with Gasteiger partial charge in [0.2, 0.25) is 0 Å². The average Bonchev–Trinajstić information content (AvgIpc) is 2.27. The van der Waals surface area contributed by atoms with E-state index >= 15 is 0 Å². The van der Waals surface area contributed by atoms with Gasteiger partial charge in [0.15, 0.2) is 0 Å². The zero-order valence-electron chi connectivity index (χ0n) is 9.68. The van der Waals surface area contributed by atoms with Gasteiger partial charge in [-0.1, -0.05) is 22.4 Å². The molecule has 0 unspecified atom stereocenters. The summed E-state index contributed by atoms with van der Waals surface area (Å²) in [7, 11) is 0. The number of hydrogen-bond donors (Lipinski definition) is 2. The lowest BCUT2D eigenvalue weighted by Crippen LogP contribution is -2.42. The summed E-state index contributed by atoms with van der Waals surface area (Å²) in [6.07, 6.45) is 3.32. The molecule has 0 radical (unpaired) electrons. The second kappa shape index (κ2) is 5.46. The fourth-order valence-corrected chi connectivity index (χ4v) is 2.62. The molecule has 2 N–H and O–H groups in total. The minimum absolute atomic E-state index is 0.0441. The van der Waals surface area contributed by atoms with Crippen LogP contribution in [0.2, 0.25) is 0 Å². The first-order chi connectivity index (χ1) is 8.15. The lowest BCUT2D eigenvalue weighted by atomic mass is 9.69. The average molecular weight is 302 g/mol. The van der Waals surface area contributed by atoms with E-state index in [1.165, 1.54) is 12.5 Å². The Hall–Kier alpha value is -0.450. The van der Waals surface area contributed by atoms with Crippen LogP contribution < -0.4 is 5.32 Å². The Balaban J connectivity index is 1.87. The molecule has 1 aromatic carbocycles. The Labute approximate surface area is 109 Å². The van der Waals surface area contributed by atoms with Gasteiger partial charge >= 0.3 is 0 Å². The second-order valence-corrected chi connectivity index (χ2v) is 5.77. The summed E-state index contributed by atoms with van der Waals surface area (Å²) in [5.74, 6) is -0.188. The van der Waals surface area contributed by atoms with Crippen molar-refractivity contribution in [3.05, 3.63) is 34.1 Å². The first kappa shape index (κ1) is 13.0. The van der Waals surface area contributed by atoms with Crippen LogP contribution in [0.25, 0.3) is 0 Å². The Bertz CT molecular complexity index is 387. The van der Waals surface area contributed by atoms with E-state index in [9.17, 15) is 9.50 Å². The van der Waals surface area contributed by atoms with Crippen molar-refractivity contribution in [2.24, 2.45) is 5.41 Å². The summed E-state index contributed by atoms with van der Waals surface area (Å²) in [6.45, 7) is 1.49. The number of halogens is 2. The van der Waals surface area contributed by atoms with E-state index in [1.54, 1.807) is 12.1 Å². The van der Waals surface area contributed by atoms with Gasteiger partial charge < -0.3 is 10.4 Å². The van der Waals surface area contributed by atoms with E-state index in [0.29, 0.717) is 12.1 Å². The van der Waals surface area contributed by atoms with Gasteiger partial charge in [-0.05, 0) is 31.0 Å². The third kappa shape index (κ3) is 3.06. The molecule has 2 nitrogen and oxygen atoms in total. The Morgan fingerprint density at radius 2 is 2.18 bits per heavy atom. The van der Waals surface area contributed by atoms with Gasteiger partial charge in [-0.15, -0.1) is 0 Å². The standard InChI is InChI=1S/C13H17BrFNO/c14-11-2-3-12(15)10(6-11)7-16-8-13(9-17)4-1-5-13/h2-3,6,16-17H,1,4-5,7-9H2. The van der Waals surface area contributed by atoms with Gasteiger partial charge in [0.05, 0.1) is 0 Å². The lowest BCUT2D eigenvalue weighted by Gasteiger charge is -2.40. The lowest BCUT2D eigenvalue weighted by molar-refractivity contribution is 0.0444. The highest BCUT2D eigenvalue weighted by molar-refractivity contribution is 9.10. The largest absolute Gasteiger partial charge is 0.396 e. The van der Waals surface area contributed by atoms with Crippen LogP contribution in [-0.4, -0.2) is 18.3 Å². The van der Waals surface area contributed by atoms with E-state index in [2.05, 4.69) is 21.2 Å². The van der Waals surface area contributed by atoms with Gasteiger partial charge in [-0.2, -0.15) is 0 Å². The van der Waals surface area contributed by atoms with Gasteiger partial charge in [0.1, 0.15) is 5.82 Å². The molecule has 0 aliphatic heterocycles. The molecule has 1 aliphatic rings. The quantitative estimate of drug-likeness (QED) is 0.876. The molecule has 0 atom stereocenters. The van der Waals surface area contributed by atoms with Gasteiger partial charge in [-0.3, -0.25) is 0 Å². The summed E-state index contributed by atoms with van der Waals surface area (Å²) < 4.78 is 14.3. The number of rotatable bonds is 5. The molecule has 17 heavy (non-hydrogen) atoms. The van der Waals surface area contributed by atoms with E-state index in [1.807, 2.05) is 0 Å². The van der Waals surface area contributed by atoms with Crippen LogP contribution in [-0.2, 0) is 6.54 Å². The topological polar surface area (TPSA) is 32.3 Å². The zero-order chi connectivity index (χ0) is 12.3. The maximum atomic E-state index is 13.5. The van der Waals surface area contributed by atoms with Crippen molar-refractivity contribution in [3.8, 4) is 0 Å². The first-order valence-electron chi connectivity index (χ1n) is 5.91. The molecule has 1 saturated carbocycles. The van der Waals surface area contributed by atoms with E-state index < -0.39 is 0 Å². The van der Waals surface area contributed by atoms with Crippen molar-refractivity contribution in [3.63, 3.8) is 0 Å². The Kier molecular flexibility index (Phi) is 4.17. The van der Waals surface area contributed by atoms with Crippen LogP contribution in [0.1, 0.15) is 24.8 Å². The van der Waals surface area contributed by atoms with Crippen molar-refractivity contribution >= 4 is 15.9 Å². The molecule has 1 fully saturated rings. The summed E-state index contributed by atoms with van der Waals surface area (Å²) in [6, 6.07) is 4.95. The SMILES string of the molecule is OCC1(CNCc2cc(Br)ccc2F)CCC1. The highest BCUT2D eigenvalue weighted by Gasteiger charge is 2.35. The van der Waals surface area contributed by atoms with Crippen molar-refractivity contribution in [1.29, 1.82) is 0 Å². The number of nitrogens with one attached hydrogen (secondary N) is 1. The van der Waals surface area contributed by atoms with Crippen LogP contribution in [0, 0.1) is 11.2 Å². The number of hydrogen-bond acceptors (Lipinski definition) is 2. The molecular weight excluding hydrogens is 285 g/mol. The second-order valence-electron chi connectivity index (χ2n) is 4.85. The van der Waals surface area contributed by atoms with Gasteiger partial charge in [0, 0.05) is 35.1 Å². The predicted molar refractivity (Wildman–Crippen MR) is 69.2 cm³/mol. The maximum absolute atomic E-state index is 13.5.